The number of carboxylic acid groups (broad SMARTS) is 1. The van der Waals surface area contributed by atoms with Crippen LogP contribution in [0.5, 0.6) is 0 Å². The first kappa shape index (κ1) is 21.3. The first-order chi connectivity index (χ1) is 14.9. The average molecular weight is 442 g/mol. The van der Waals surface area contributed by atoms with Gasteiger partial charge in [-0.1, -0.05) is 26.0 Å². The standard InChI is InChI=1S/C22H27N5O3S/c1-14(2)17-13-18-19(27(17)22(29)30)25-21(31-18)20(28)24-8-7-15-3-5-16(6-4-15)26-11-9-23-10-12-26/h3-6,13-14,23H,7-12H2,1-2H3,(H,24,28)(H,29,30). The van der Waals surface area contributed by atoms with E-state index in [0.717, 1.165) is 38.2 Å². The lowest BCUT2D eigenvalue weighted by Gasteiger charge is -2.29. The van der Waals surface area contributed by atoms with Gasteiger partial charge >= 0.3 is 6.09 Å². The van der Waals surface area contributed by atoms with Crippen LogP contribution in [0.4, 0.5) is 10.5 Å². The first-order valence-corrected chi connectivity index (χ1v) is 11.3. The SMILES string of the molecule is CC(C)c1cc2sc(C(=O)NCCc3ccc(N4CCNCC4)cc3)nc2n1C(=O)O. The van der Waals surface area contributed by atoms with Gasteiger partial charge in [0.25, 0.3) is 5.91 Å². The van der Waals surface area contributed by atoms with Crippen LogP contribution in [0.15, 0.2) is 30.3 Å². The van der Waals surface area contributed by atoms with Gasteiger partial charge < -0.3 is 20.6 Å². The van der Waals surface area contributed by atoms with Crippen LogP contribution in [0.2, 0.25) is 0 Å². The third kappa shape index (κ3) is 4.57. The van der Waals surface area contributed by atoms with Gasteiger partial charge in [-0.3, -0.25) is 4.79 Å². The van der Waals surface area contributed by atoms with Gasteiger partial charge in [-0.2, -0.15) is 0 Å². The minimum atomic E-state index is -1.08. The van der Waals surface area contributed by atoms with E-state index in [9.17, 15) is 14.7 Å². The molecule has 3 N–H and O–H groups in total. The zero-order valence-corrected chi connectivity index (χ0v) is 18.5. The van der Waals surface area contributed by atoms with E-state index < -0.39 is 6.09 Å². The Labute approximate surface area is 184 Å². The molecule has 1 saturated heterocycles. The minimum Gasteiger partial charge on any atom is -0.464 e. The van der Waals surface area contributed by atoms with Crippen LogP contribution in [0.25, 0.3) is 10.3 Å². The van der Waals surface area contributed by atoms with E-state index in [2.05, 4.69) is 44.8 Å². The second-order valence-electron chi connectivity index (χ2n) is 7.96. The lowest BCUT2D eigenvalue weighted by molar-refractivity contribution is 0.0953. The number of carbonyl (C=O) groups excluding carboxylic acids is 1. The molecule has 1 aliphatic heterocycles. The van der Waals surface area contributed by atoms with E-state index in [4.69, 9.17) is 0 Å². The molecule has 0 bridgehead atoms. The van der Waals surface area contributed by atoms with E-state index in [1.54, 1.807) is 0 Å². The third-order valence-corrected chi connectivity index (χ3v) is 6.47. The van der Waals surface area contributed by atoms with Gasteiger partial charge in [-0.15, -0.1) is 11.3 Å². The summed E-state index contributed by atoms with van der Waals surface area (Å²) in [6.45, 7) is 8.40. The van der Waals surface area contributed by atoms with Gasteiger partial charge in [0.05, 0.1) is 4.70 Å². The highest BCUT2D eigenvalue weighted by molar-refractivity contribution is 7.20. The van der Waals surface area contributed by atoms with E-state index in [0.29, 0.717) is 22.6 Å². The fraction of sp³-hybridized carbons (Fsp3) is 0.409. The number of hydrogen-bond donors (Lipinski definition) is 3. The second-order valence-corrected chi connectivity index (χ2v) is 8.99. The summed E-state index contributed by atoms with van der Waals surface area (Å²) in [4.78, 5) is 30.9. The van der Waals surface area contributed by atoms with E-state index in [1.807, 2.05) is 19.9 Å². The molecule has 3 aromatic rings. The van der Waals surface area contributed by atoms with Crippen molar-refractivity contribution >= 4 is 39.4 Å². The summed E-state index contributed by atoms with van der Waals surface area (Å²) in [5.41, 5.74) is 3.39. The van der Waals surface area contributed by atoms with Crippen LogP contribution < -0.4 is 15.5 Å². The van der Waals surface area contributed by atoms with Crippen LogP contribution in [0.1, 0.15) is 40.8 Å². The molecule has 0 saturated carbocycles. The average Bonchev–Trinajstić information content (AvgIpc) is 3.33. The molecule has 0 radical (unpaired) electrons. The number of carbonyl (C=O) groups is 2. The van der Waals surface area contributed by atoms with E-state index in [1.165, 1.54) is 21.6 Å². The molecule has 3 heterocycles. The van der Waals surface area contributed by atoms with Crippen molar-refractivity contribution in [2.45, 2.75) is 26.2 Å². The zero-order chi connectivity index (χ0) is 22.0. The number of anilines is 1. The fourth-order valence-corrected chi connectivity index (χ4v) is 4.73. The van der Waals surface area contributed by atoms with Crippen molar-refractivity contribution in [1.29, 1.82) is 0 Å². The fourth-order valence-electron chi connectivity index (χ4n) is 3.81. The summed E-state index contributed by atoms with van der Waals surface area (Å²) in [6.07, 6.45) is -0.364. The molecular weight excluding hydrogens is 414 g/mol. The van der Waals surface area contributed by atoms with Crippen molar-refractivity contribution in [3.63, 3.8) is 0 Å². The maximum Gasteiger partial charge on any atom is 0.417 e. The predicted octanol–water partition coefficient (Wildman–Crippen LogP) is 3.13. The van der Waals surface area contributed by atoms with Crippen molar-refractivity contribution in [2.75, 3.05) is 37.6 Å². The number of aromatic nitrogens is 2. The summed E-state index contributed by atoms with van der Waals surface area (Å²) in [5, 5.41) is 16.1. The third-order valence-electron chi connectivity index (χ3n) is 5.48. The van der Waals surface area contributed by atoms with Crippen LogP contribution in [0.3, 0.4) is 0 Å². The molecular formula is C22H27N5O3S. The Balaban J connectivity index is 1.36. The smallest absolute Gasteiger partial charge is 0.417 e. The van der Waals surface area contributed by atoms with Crippen molar-refractivity contribution < 1.29 is 14.7 Å². The molecule has 1 aromatic carbocycles. The molecule has 0 atom stereocenters. The maximum absolute atomic E-state index is 12.5. The molecule has 8 nitrogen and oxygen atoms in total. The Hall–Kier alpha value is -2.91. The van der Waals surface area contributed by atoms with E-state index >= 15 is 0 Å². The Bertz CT molecular complexity index is 1080. The topological polar surface area (TPSA) is 99.5 Å². The molecule has 0 unspecified atom stereocenters. The predicted molar refractivity (Wildman–Crippen MR) is 123 cm³/mol. The Morgan fingerprint density at radius 1 is 1.23 bits per heavy atom. The summed E-state index contributed by atoms with van der Waals surface area (Å²) in [7, 11) is 0. The molecule has 2 aromatic heterocycles. The van der Waals surface area contributed by atoms with Gasteiger partial charge in [0, 0.05) is 44.1 Å². The van der Waals surface area contributed by atoms with E-state index in [-0.39, 0.29) is 16.8 Å². The highest BCUT2D eigenvalue weighted by Crippen LogP contribution is 2.29. The number of fused-ring (bicyclic) bond motifs is 1. The Morgan fingerprint density at radius 3 is 2.58 bits per heavy atom. The van der Waals surface area contributed by atoms with Crippen molar-refractivity contribution in [3.05, 3.63) is 46.6 Å². The number of benzene rings is 1. The molecule has 9 heteroatoms. The first-order valence-electron chi connectivity index (χ1n) is 10.5. The molecule has 1 fully saturated rings. The van der Waals surface area contributed by atoms with Crippen LogP contribution in [-0.2, 0) is 6.42 Å². The molecule has 164 valence electrons. The number of nitrogens with zero attached hydrogens (tertiary/aromatic N) is 3. The monoisotopic (exact) mass is 441 g/mol. The van der Waals surface area contributed by atoms with Gasteiger partial charge in [0.1, 0.15) is 0 Å². The van der Waals surface area contributed by atoms with Gasteiger partial charge in [0.2, 0.25) is 0 Å². The molecule has 1 aliphatic rings. The lowest BCUT2D eigenvalue weighted by atomic mass is 10.1. The Kier molecular flexibility index (Phi) is 6.24. The molecule has 0 aliphatic carbocycles. The quantitative estimate of drug-likeness (QED) is 0.544. The molecule has 31 heavy (non-hydrogen) atoms. The van der Waals surface area contributed by atoms with Crippen LogP contribution >= 0.6 is 11.3 Å². The number of piperazine rings is 1. The number of nitrogens with one attached hydrogen (secondary N) is 2. The highest BCUT2D eigenvalue weighted by atomic mass is 32.1. The number of rotatable bonds is 6. The summed E-state index contributed by atoms with van der Waals surface area (Å²) in [6, 6.07) is 10.3. The molecule has 4 rings (SSSR count). The Morgan fingerprint density at radius 2 is 1.94 bits per heavy atom. The van der Waals surface area contributed by atoms with Gasteiger partial charge in [-0.05, 0) is 36.1 Å². The normalized spacial score (nSPS) is 14.4. The lowest BCUT2D eigenvalue weighted by Crippen LogP contribution is -2.43. The van der Waals surface area contributed by atoms with Crippen LogP contribution in [0, 0.1) is 0 Å². The van der Waals surface area contributed by atoms with Gasteiger partial charge in [0.15, 0.2) is 10.7 Å². The summed E-state index contributed by atoms with van der Waals surface area (Å²) in [5.74, 6) is -0.227. The number of hydrogen-bond acceptors (Lipinski definition) is 6. The van der Waals surface area contributed by atoms with Crippen molar-refractivity contribution in [3.8, 4) is 0 Å². The summed E-state index contributed by atoms with van der Waals surface area (Å²) >= 11 is 1.22. The largest absolute Gasteiger partial charge is 0.464 e. The van der Waals surface area contributed by atoms with Crippen molar-refractivity contribution in [2.24, 2.45) is 0 Å². The molecule has 1 amide bonds. The zero-order valence-electron chi connectivity index (χ0n) is 17.7. The number of amides is 1. The molecule has 0 spiro atoms. The number of thiazole rings is 1. The summed E-state index contributed by atoms with van der Waals surface area (Å²) < 4.78 is 1.88. The van der Waals surface area contributed by atoms with Crippen LogP contribution in [-0.4, -0.2) is 59.4 Å². The maximum atomic E-state index is 12.5. The second kappa shape index (κ2) is 9.07. The highest BCUT2D eigenvalue weighted by Gasteiger charge is 2.22. The van der Waals surface area contributed by atoms with Crippen molar-refractivity contribution in [1.82, 2.24) is 20.2 Å². The van der Waals surface area contributed by atoms with Gasteiger partial charge in [-0.25, -0.2) is 14.3 Å². The minimum absolute atomic E-state index is 0.0488.